The summed E-state index contributed by atoms with van der Waals surface area (Å²) in [7, 11) is 1.82. The first-order chi connectivity index (χ1) is 15.8. The van der Waals surface area contributed by atoms with E-state index >= 15 is 0 Å². The predicted octanol–water partition coefficient (Wildman–Crippen LogP) is 2.29. The summed E-state index contributed by atoms with van der Waals surface area (Å²) in [5, 5.41) is 4.75. The van der Waals surface area contributed by atoms with E-state index in [1.54, 1.807) is 9.42 Å². The number of aromatic nitrogens is 3. The molecular weight excluding hydrogens is 414 g/mol. The van der Waals surface area contributed by atoms with Crippen molar-refractivity contribution in [1.82, 2.24) is 19.5 Å². The molecule has 4 N–H and O–H groups in total. The van der Waals surface area contributed by atoms with Crippen LogP contribution in [-0.4, -0.2) is 51.6 Å². The lowest BCUT2D eigenvalue weighted by Gasteiger charge is -2.38. The summed E-state index contributed by atoms with van der Waals surface area (Å²) < 4.78 is 1.80. The van der Waals surface area contributed by atoms with Gasteiger partial charge in [0.25, 0.3) is 0 Å². The first kappa shape index (κ1) is 21.9. The number of nitrogens with two attached hydrogens (primary N) is 2. The summed E-state index contributed by atoms with van der Waals surface area (Å²) in [4.78, 5) is 22.5. The van der Waals surface area contributed by atoms with Gasteiger partial charge in [-0.25, -0.2) is 9.50 Å². The Kier molecular flexibility index (Phi) is 5.37. The molecule has 1 unspecified atom stereocenters. The van der Waals surface area contributed by atoms with E-state index in [4.69, 9.17) is 21.5 Å². The Bertz CT molecular complexity index is 1200. The number of aryl methyl sites for hydroxylation is 2. The average molecular weight is 448 g/mol. The maximum atomic E-state index is 13.7. The van der Waals surface area contributed by atoms with Crippen molar-refractivity contribution in [3.05, 3.63) is 58.9 Å². The van der Waals surface area contributed by atoms with Crippen LogP contribution in [0.4, 0.5) is 5.82 Å². The van der Waals surface area contributed by atoms with Crippen LogP contribution in [0.1, 0.15) is 54.6 Å². The highest BCUT2D eigenvalue weighted by molar-refractivity contribution is 5.88. The second-order valence-corrected chi connectivity index (χ2v) is 9.69. The number of fused-ring (bicyclic) bond motifs is 2. The molecule has 1 aromatic carbocycles. The Morgan fingerprint density at radius 1 is 1.33 bits per heavy atom. The number of carbonyl (C=O) groups is 1. The van der Waals surface area contributed by atoms with Crippen molar-refractivity contribution in [2.45, 2.75) is 57.2 Å². The fraction of sp³-hybridized carbons (Fsp3) is 0.480. The zero-order valence-electron chi connectivity index (χ0n) is 19.7. The number of rotatable bonds is 4. The molecule has 0 spiro atoms. The Morgan fingerprint density at radius 3 is 2.88 bits per heavy atom. The minimum Gasteiger partial charge on any atom is -0.355 e. The van der Waals surface area contributed by atoms with Gasteiger partial charge in [0.1, 0.15) is 11.4 Å². The summed E-state index contributed by atoms with van der Waals surface area (Å²) in [6, 6.07) is 9.96. The van der Waals surface area contributed by atoms with Gasteiger partial charge in [0.2, 0.25) is 5.91 Å². The van der Waals surface area contributed by atoms with E-state index in [0.29, 0.717) is 6.42 Å². The second-order valence-electron chi connectivity index (χ2n) is 9.69. The van der Waals surface area contributed by atoms with E-state index < -0.39 is 5.54 Å². The minimum absolute atomic E-state index is 0.0740. The lowest BCUT2D eigenvalue weighted by atomic mass is 9.76. The van der Waals surface area contributed by atoms with E-state index in [-0.39, 0.29) is 18.0 Å². The number of hydrogen-bond acceptors (Lipinski definition) is 6. The molecule has 3 heterocycles. The summed E-state index contributed by atoms with van der Waals surface area (Å²) >= 11 is 0. The lowest BCUT2D eigenvalue weighted by molar-refractivity contribution is -0.138. The molecule has 174 valence electrons. The highest BCUT2D eigenvalue weighted by Crippen LogP contribution is 2.36. The van der Waals surface area contributed by atoms with Crippen LogP contribution >= 0.6 is 0 Å². The van der Waals surface area contributed by atoms with Gasteiger partial charge in [0, 0.05) is 44.0 Å². The average Bonchev–Trinajstić information content (AvgIpc) is 3.43. The van der Waals surface area contributed by atoms with Crippen molar-refractivity contribution in [2.75, 3.05) is 25.0 Å². The van der Waals surface area contributed by atoms with Crippen molar-refractivity contribution < 1.29 is 4.79 Å². The Hall–Kier alpha value is -2.97. The van der Waals surface area contributed by atoms with E-state index in [1.807, 2.05) is 51.4 Å². The smallest absolute Gasteiger partial charge is 0.247 e. The highest BCUT2D eigenvalue weighted by atomic mass is 16.2. The third kappa shape index (κ3) is 3.67. The maximum Gasteiger partial charge on any atom is 0.247 e. The molecular formula is C25H33N7O. The summed E-state index contributed by atoms with van der Waals surface area (Å²) in [5.74, 6) is 0.883. The Balaban J connectivity index is 1.42. The van der Waals surface area contributed by atoms with Crippen molar-refractivity contribution >= 4 is 17.4 Å². The van der Waals surface area contributed by atoms with Crippen LogP contribution in [0.5, 0.6) is 0 Å². The molecule has 8 heteroatoms. The van der Waals surface area contributed by atoms with Crippen molar-refractivity contribution in [2.24, 2.45) is 11.5 Å². The molecule has 5 rings (SSSR count). The second kappa shape index (κ2) is 8.11. The molecule has 0 saturated carbocycles. The van der Waals surface area contributed by atoms with Crippen molar-refractivity contribution in [3.8, 4) is 0 Å². The van der Waals surface area contributed by atoms with Crippen molar-refractivity contribution in [3.63, 3.8) is 0 Å². The first-order valence-corrected chi connectivity index (χ1v) is 11.8. The maximum absolute atomic E-state index is 13.7. The number of benzene rings is 1. The summed E-state index contributed by atoms with van der Waals surface area (Å²) in [5.41, 5.74) is 16.6. The molecule has 2 aromatic heterocycles. The number of likely N-dealkylation sites (N-methyl/N-ethyl adjacent to an activating group) is 1. The molecule has 33 heavy (non-hydrogen) atoms. The third-order valence-electron chi connectivity index (χ3n) is 7.37. The molecule has 3 aromatic rings. The first-order valence-electron chi connectivity index (χ1n) is 11.8. The SMILES string of the molecule is Cc1cn2nc([C@H](C)N(C)C(=O)C3(N)CCCc4ccccc43)cc2nc1N1CC[C@H](N)C1. The van der Waals surface area contributed by atoms with Gasteiger partial charge in [0.15, 0.2) is 5.65 Å². The molecule has 0 radical (unpaired) electrons. The topological polar surface area (TPSA) is 106 Å². The molecule has 1 amide bonds. The minimum atomic E-state index is -1.01. The van der Waals surface area contributed by atoms with Gasteiger partial charge in [0.05, 0.1) is 11.7 Å². The number of anilines is 1. The van der Waals surface area contributed by atoms with Crippen LogP contribution in [0, 0.1) is 6.92 Å². The van der Waals surface area contributed by atoms with E-state index in [2.05, 4.69) is 11.0 Å². The van der Waals surface area contributed by atoms with Crippen LogP contribution in [0.15, 0.2) is 36.5 Å². The van der Waals surface area contributed by atoms with Gasteiger partial charge in [-0.2, -0.15) is 5.10 Å². The highest BCUT2D eigenvalue weighted by Gasteiger charge is 2.42. The molecule has 2 aliphatic rings. The molecule has 1 aliphatic carbocycles. The standard InChI is InChI=1S/C25H33N7O/c1-16-14-32-22(28-23(16)31-12-10-19(26)15-31)13-21(29-32)17(2)30(3)24(33)25(27)11-6-8-18-7-4-5-9-20(18)25/h4-5,7,9,13-14,17,19H,6,8,10-12,15,26-27H2,1-3H3/t17-,19-,25?/m0/s1. The third-order valence-corrected chi connectivity index (χ3v) is 7.37. The Labute approximate surface area is 194 Å². The van der Waals surface area contributed by atoms with Crippen LogP contribution in [-0.2, 0) is 16.8 Å². The van der Waals surface area contributed by atoms with Crippen LogP contribution < -0.4 is 16.4 Å². The van der Waals surface area contributed by atoms with E-state index in [0.717, 1.165) is 60.6 Å². The van der Waals surface area contributed by atoms with Gasteiger partial charge < -0.3 is 21.3 Å². The van der Waals surface area contributed by atoms with Crippen LogP contribution in [0.3, 0.4) is 0 Å². The lowest BCUT2D eigenvalue weighted by Crippen LogP contribution is -2.54. The van der Waals surface area contributed by atoms with Crippen LogP contribution in [0.25, 0.3) is 5.65 Å². The van der Waals surface area contributed by atoms with Crippen LogP contribution in [0.2, 0.25) is 0 Å². The summed E-state index contributed by atoms with van der Waals surface area (Å²) in [6.07, 6.45) is 5.49. The fourth-order valence-corrected chi connectivity index (χ4v) is 5.30. The monoisotopic (exact) mass is 447 g/mol. The van der Waals surface area contributed by atoms with Gasteiger partial charge in [-0.05, 0) is 50.7 Å². The Morgan fingerprint density at radius 2 is 2.12 bits per heavy atom. The molecule has 1 aliphatic heterocycles. The van der Waals surface area contributed by atoms with E-state index in [9.17, 15) is 4.79 Å². The van der Waals surface area contributed by atoms with E-state index in [1.165, 1.54) is 5.56 Å². The van der Waals surface area contributed by atoms with Gasteiger partial charge in [-0.1, -0.05) is 24.3 Å². The molecule has 3 atom stereocenters. The number of nitrogens with zero attached hydrogens (tertiary/aromatic N) is 5. The number of hydrogen-bond donors (Lipinski definition) is 2. The quantitative estimate of drug-likeness (QED) is 0.636. The van der Waals surface area contributed by atoms with Crippen molar-refractivity contribution in [1.29, 1.82) is 0 Å². The normalized spacial score (nSPS) is 23.5. The zero-order valence-corrected chi connectivity index (χ0v) is 19.7. The predicted molar refractivity (Wildman–Crippen MR) is 129 cm³/mol. The summed E-state index contributed by atoms with van der Waals surface area (Å²) in [6.45, 7) is 5.77. The number of carbonyl (C=O) groups excluding carboxylic acids is 1. The van der Waals surface area contributed by atoms with Gasteiger partial charge >= 0.3 is 0 Å². The molecule has 1 fully saturated rings. The fourth-order valence-electron chi connectivity index (χ4n) is 5.30. The largest absolute Gasteiger partial charge is 0.355 e. The zero-order chi connectivity index (χ0) is 23.3. The number of amides is 1. The molecule has 1 saturated heterocycles. The van der Waals surface area contributed by atoms with Gasteiger partial charge in [-0.15, -0.1) is 0 Å². The van der Waals surface area contributed by atoms with Gasteiger partial charge in [-0.3, -0.25) is 4.79 Å². The molecule has 8 nitrogen and oxygen atoms in total. The molecule has 0 bridgehead atoms.